The van der Waals surface area contributed by atoms with Crippen LogP contribution in [0.2, 0.25) is 0 Å². The molecule has 0 atom stereocenters. The molecule has 1 amide bonds. The van der Waals surface area contributed by atoms with Crippen LogP contribution in [0.4, 0.5) is 0 Å². The third-order valence-corrected chi connectivity index (χ3v) is 2.92. The summed E-state index contributed by atoms with van der Waals surface area (Å²) in [6, 6.07) is 6.67. The van der Waals surface area contributed by atoms with E-state index in [1.54, 1.807) is 29.2 Å². The van der Waals surface area contributed by atoms with Gasteiger partial charge in [-0.3, -0.25) is 9.59 Å². The Bertz CT molecular complexity index is 430. The standard InChI is InChI=1S/C14H18ClNO2/c1-9(2)16(10(3)4)14(18)12-7-5-11(6-8-12)13(15)17/h5-10H,1-4H3. The van der Waals surface area contributed by atoms with Gasteiger partial charge < -0.3 is 4.90 Å². The Labute approximate surface area is 113 Å². The molecule has 0 aliphatic carbocycles. The summed E-state index contributed by atoms with van der Waals surface area (Å²) in [5.41, 5.74) is 0.966. The number of hydrogen-bond donors (Lipinski definition) is 0. The van der Waals surface area contributed by atoms with E-state index in [1.807, 2.05) is 27.7 Å². The Morgan fingerprint density at radius 2 is 1.33 bits per heavy atom. The maximum atomic E-state index is 12.3. The summed E-state index contributed by atoms with van der Waals surface area (Å²) in [4.78, 5) is 25.1. The van der Waals surface area contributed by atoms with Crippen LogP contribution in [0.3, 0.4) is 0 Å². The molecular formula is C14H18ClNO2. The molecule has 18 heavy (non-hydrogen) atoms. The van der Waals surface area contributed by atoms with Crippen molar-refractivity contribution in [3.8, 4) is 0 Å². The summed E-state index contributed by atoms with van der Waals surface area (Å²) < 4.78 is 0. The molecule has 0 N–H and O–H groups in total. The van der Waals surface area contributed by atoms with Gasteiger partial charge in [0.05, 0.1) is 0 Å². The predicted octanol–water partition coefficient (Wildman–Crippen LogP) is 3.32. The lowest BCUT2D eigenvalue weighted by atomic mass is 10.1. The van der Waals surface area contributed by atoms with Crippen molar-refractivity contribution >= 4 is 22.8 Å². The molecule has 3 nitrogen and oxygen atoms in total. The maximum absolute atomic E-state index is 12.3. The number of benzene rings is 1. The van der Waals surface area contributed by atoms with Gasteiger partial charge in [0.1, 0.15) is 0 Å². The van der Waals surface area contributed by atoms with Crippen LogP contribution in [0.25, 0.3) is 0 Å². The zero-order valence-corrected chi connectivity index (χ0v) is 11.9. The van der Waals surface area contributed by atoms with E-state index in [1.165, 1.54) is 0 Å². The number of hydrogen-bond acceptors (Lipinski definition) is 2. The second-order valence-electron chi connectivity index (χ2n) is 4.75. The van der Waals surface area contributed by atoms with Crippen LogP contribution < -0.4 is 0 Å². The second kappa shape index (κ2) is 6.01. The molecule has 0 bridgehead atoms. The predicted molar refractivity (Wildman–Crippen MR) is 73.1 cm³/mol. The molecule has 0 fully saturated rings. The Morgan fingerprint density at radius 1 is 0.944 bits per heavy atom. The van der Waals surface area contributed by atoms with Crippen molar-refractivity contribution in [2.75, 3.05) is 0 Å². The highest BCUT2D eigenvalue weighted by atomic mass is 35.5. The third kappa shape index (κ3) is 3.33. The average Bonchev–Trinajstić information content (AvgIpc) is 2.28. The molecule has 0 radical (unpaired) electrons. The van der Waals surface area contributed by atoms with E-state index in [2.05, 4.69) is 0 Å². The topological polar surface area (TPSA) is 37.4 Å². The normalized spacial score (nSPS) is 10.8. The van der Waals surface area contributed by atoms with Gasteiger partial charge in [0, 0.05) is 23.2 Å². The first-order chi connectivity index (χ1) is 8.34. The van der Waals surface area contributed by atoms with E-state index in [4.69, 9.17) is 11.6 Å². The van der Waals surface area contributed by atoms with Crippen LogP contribution in [0, 0.1) is 0 Å². The molecule has 0 spiro atoms. The fraction of sp³-hybridized carbons (Fsp3) is 0.429. The fourth-order valence-corrected chi connectivity index (χ4v) is 2.08. The summed E-state index contributed by atoms with van der Waals surface area (Å²) in [5.74, 6) is -0.0337. The summed E-state index contributed by atoms with van der Waals surface area (Å²) >= 11 is 5.36. The molecule has 0 aromatic heterocycles. The third-order valence-electron chi connectivity index (χ3n) is 2.71. The molecule has 0 aliphatic rings. The van der Waals surface area contributed by atoms with Crippen molar-refractivity contribution in [2.45, 2.75) is 39.8 Å². The van der Waals surface area contributed by atoms with Crippen molar-refractivity contribution in [1.82, 2.24) is 4.90 Å². The Hall–Kier alpha value is -1.35. The first kappa shape index (κ1) is 14.7. The molecule has 1 aromatic carbocycles. The Morgan fingerprint density at radius 3 is 1.67 bits per heavy atom. The highest BCUT2D eigenvalue weighted by molar-refractivity contribution is 6.67. The van der Waals surface area contributed by atoms with E-state index >= 15 is 0 Å². The number of nitrogens with zero attached hydrogens (tertiary/aromatic N) is 1. The lowest BCUT2D eigenvalue weighted by molar-refractivity contribution is 0.0643. The van der Waals surface area contributed by atoms with Gasteiger partial charge in [0.25, 0.3) is 11.1 Å². The first-order valence-electron chi connectivity index (χ1n) is 5.97. The number of carbonyl (C=O) groups is 2. The van der Waals surface area contributed by atoms with Crippen molar-refractivity contribution in [3.05, 3.63) is 35.4 Å². The Balaban J connectivity index is 2.99. The zero-order chi connectivity index (χ0) is 13.9. The molecule has 0 saturated heterocycles. The molecule has 4 heteroatoms. The number of rotatable bonds is 4. The fourth-order valence-electron chi connectivity index (χ4n) is 1.96. The molecule has 98 valence electrons. The van der Waals surface area contributed by atoms with Gasteiger partial charge in [-0.25, -0.2) is 0 Å². The van der Waals surface area contributed by atoms with Crippen LogP contribution in [-0.2, 0) is 0 Å². The van der Waals surface area contributed by atoms with Crippen LogP contribution >= 0.6 is 11.6 Å². The number of halogens is 1. The highest BCUT2D eigenvalue weighted by Crippen LogP contribution is 2.14. The molecule has 0 aliphatic heterocycles. The van der Waals surface area contributed by atoms with Crippen molar-refractivity contribution < 1.29 is 9.59 Å². The van der Waals surface area contributed by atoms with Crippen LogP contribution in [0.1, 0.15) is 48.4 Å². The second-order valence-corrected chi connectivity index (χ2v) is 5.09. The molecule has 1 aromatic rings. The van der Waals surface area contributed by atoms with Gasteiger partial charge in [-0.1, -0.05) is 0 Å². The molecule has 0 unspecified atom stereocenters. The van der Waals surface area contributed by atoms with E-state index in [-0.39, 0.29) is 18.0 Å². The average molecular weight is 268 g/mol. The zero-order valence-electron chi connectivity index (χ0n) is 11.1. The summed E-state index contributed by atoms with van der Waals surface area (Å²) in [6.45, 7) is 7.92. The lowest BCUT2D eigenvalue weighted by Gasteiger charge is -2.30. The minimum atomic E-state index is -0.515. The largest absolute Gasteiger partial charge is 0.334 e. The van der Waals surface area contributed by atoms with E-state index in [0.29, 0.717) is 11.1 Å². The number of carbonyl (C=O) groups excluding carboxylic acids is 2. The number of amides is 1. The van der Waals surface area contributed by atoms with Crippen molar-refractivity contribution in [1.29, 1.82) is 0 Å². The van der Waals surface area contributed by atoms with Crippen LogP contribution in [-0.4, -0.2) is 28.1 Å². The quantitative estimate of drug-likeness (QED) is 0.785. The van der Waals surface area contributed by atoms with E-state index < -0.39 is 5.24 Å². The summed E-state index contributed by atoms with van der Waals surface area (Å²) in [6.07, 6.45) is 0. The van der Waals surface area contributed by atoms with Gasteiger partial charge in [-0.15, -0.1) is 0 Å². The molecule has 1 rings (SSSR count). The summed E-state index contributed by atoms with van der Waals surface area (Å²) in [7, 11) is 0. The van der Waals surface area contributed by atoms with Gasteiger partial charge in [0.2, 0.25) is 0 Å². The monoisotopic (exact) mass is 267 g/mol. The van der Waals surface area contributed by atoms with Gasteiger partial charge in [-0.2, -0.15) is 0 Å². The first-order valence-corrected chi connectivity index (χ1v) is 6.35. The molecular weight excluding hydrogens is 250 g/mol. The SMILES string of the molecule is CC(C)N(C(=O)c1ccc(C(=O)Cl)cc1)C(C)C. The Kier molecular flexibility index (Phi) is 4.91. The highest BCUT2D eigenvalue weighted by Gasteiger charge is 2.21. The smallest absolute Gasteiger partial charge is 0.254 e. The van der Waals surface area contributed by atoms with Gasteiger partial charge >= 0.3 is 0 Å². The molecule has 0 saturated carbocycles. The maximum Gasteiger partial charge on any atom is 0.254 e. The summed E-state index contributed by atoms with van der Waals surface area (Å²) in [5, 5.41) is -0.515. The van der Waals surface area contributed by atoms with E-state index in [0.717, 1.165) is 0 Å². The van der Waals surface area contributed by atoms with E-state index in [9.17, 15) is 9.59 Å². The molecule has 0 heterocycles. The van der Waals surface area contributed by atoms with Crippen LogP contribution in [0.5, 0.6) is 0 Å². The minimum Gasteiger partial charge on any atom is -0.334 e. The van der Waals surface area contributed by atoms with Crippen molar-refractivity contribution in [2.24, 2.45) is 0 Å². The van der Waals surface area contributed by atoms with Crippen molar-refractivity contribution in [3.63, 3.8) is 0 Å². The minimum absolute atomic E-state index is 0.0337. The van der Waals surface area contributed by atoms with Gasteiger partial charge in [0.15, 0.2) is 0 Å². The van der Waals surface area contributed by atoms with Gasteiger partial charge in [-0.05, 0) is 63.6 Å². The van der Waals surface area contributed by atoms with Crippen LogP contribution in [0.15, 0.2) is 24.3 Å². The lowest BCUT2D eigenvalue weighted by Crippen LogP contribution is -2.42.